The molecule has 1 N–H and O–H groups in total. The van der Waals surface area contributed by atoms with Crippen molar-refractivity contribution in [3.63, 3.8) is 0 Å². The molecule has 4 rings (SSSR count). The van der Waals surface area contributed by atoms with E-state index >= 15 is 0 Å². The van der Waals surface area contributed by atoms with Gasteiger partial charge in [0.1, 0.15) is 18.4 Å². The third-order valence-corrected chi connectivity index (χ3v) is 5.80. The molecule has 2 amide bonds. The van der Waals surface area contributed by atoms with Crippen LogP contribution in [-0.4, -0.2) is 48.4 Å². The Balaban J connectivity index is 1.33. The van der Waals surface area contributed by atoms with Crippen LogP contribution < -0.4 is 10.1 Å². The van der Waals surface area contributed by atoms with Gasteiger partial charge in [-0.15, -0.1) is 0 Å². The highest BCUT2D eigenvalue weighted by Gasteiger charge is 2.35. The summed E-state index contributed by atoms with van der Waals surface area (Å²) in [7, 11) is 0. The van der Waals surface area contributed by atoms with E-state index < -0.39 is 12.0 Å². The number of ether oxygens (including phenoxy) is 2. The maximum atomic E-state index is 13.2. The fourth-order valence-corrected chi connectivity index (χ4v) is 3.91. The van der Waals surface area contributed by atoms with E-state index in [-0.39, 0.29) is 24.8 Å². The molecule has 1 aliphatic heterocycles. The molecule has 35 heavy (non-hydrogen) atoms. The summed E-state index contributed by atoms with van der Waals surface area (Å²) in [5.74, 6) is -0.538. The molecule has 0 saturated carbocycles. The molecule has 0 aromatic heterocycles. The van der Waals surface area contributed by atoms with Crippen LogP contribution in [0.15, 0.2) is 84.9 Å². The highest BCUT2D eigenvalue weighted by atomic mass is 16.5. The topological polar surface area (TPSA) is 84.9 Å². The molecule has 1 heterocycles. The maximum absolute atomic E-state index is 13.2. The lowest BCUT2D eigenvalue weighted by Gasteiger charge is -2.34. The second-order valence-electron chi connectivity index (χ2n) is 8.26. The number of nitrogens with zero attached hydrogens (tertiary/aromatic N) is 1. The van der Waals surface area contributed by atoms with E-state index in [4.69, 9.17) is 9.47 Å². The highest BCUT2D eigenvalue weighted by molar-refractivity contribution is 5.99. The Morgan fingerprint density at radius 3 is 2.23 bits per heavy atom. The van der Waals surface area contributed by atoms with Gasteiger partial charge >= 0.3 is 5.97 Å². The van der Waals surface area contributed by atoms with Crippen LogP contribution in [0.25, 0.3) is 0 Å². The average Bonchev–Trinajstić information content (AvgIpc) is 2.90. The van der Waals surface area contributed by atoms with Crippen molar-refractivity contribution in [2.24, 2.45) is 0 Å². The highest BCUT2D eigenvalue weighted by Crippen LogP contribution is 2.18. The van der Waals surface area contributed by atoms with E-state index in [0.717, 1.165) is 12.0 Å². The van der Waals surface area contributed by atoms with E-state index in [1.807, 2.05) is 60.7 Å². The second-order valence-corrected chi connectivity index (χ2v) is 8.26. The standard InChI is InChI=1S/C28H28N2O5/c31-26(35-20-22-9-5-2-6-10-22)19-25-27(32)29-16-17-30(25)28(33)23-11-13-24(14-12-23)34-18-15-21-7-3-1-4-8-21/h1-14,25H,15-20H2,(H,29,32). The summed E-state index contributed by atoms with van der Waals surface area (Å²) in [5.41, 5.74) is 2.47. The number of hydrogen-bond acceptors (Lipinski definition) is 5. The Hall–Kier alpha value is -4.13. The van der Waals surface area contributed by atoms with Crippen molar-refractivity contribution in [1.82, 2.24) is 10.2 Å². The summed E-state index contributed by atoms with van der Waals surface area (Å²) < 4.78 is 11.1. The fourth-order valence-electron chi connectivity index (χ4n) is 3.91. The van der Waals surface area contributed by atoms with Crippen LogP contribution >= 0.6 is 0 Å². The van der Waals surface area contributed by atoms with Gasteiger partial charge in [-0.3, -0.25) is 14.4 Å². The predicted octanol–water partition coefficient (Wildman–Crippen LogP) is 3.38. The van der Waals surface area contributed by atoms with Crippen LogP contribution in [0, 0.1) is 0 Å². The van der Waals surface area contributed by atoms with E-state index in [1.165, 1.54) is 10.5 Å². The Morgan fingerprint density at radius 1 is 0.886 bits per heavy atom. The molecule has 7 nitrogen and oxygen atoms in total. The number of piperazine rings is 1. The Labute approximate surface area is 204 Å². The molecule has 3 aromatic rings. The van der Waals surface area contributed by atoms with Crippen LogP contribution in [0.2, 0.25) is 0 Å². The summed E-state index contributed by atoms with van der Waals surface area (Å²) in [5, 5.41) is 2.73. The first kappa shape index (κ1) is 24.0. The summed E-state index contributed by atoms with van der Waals surface area (Å²) in [6, 6.07) is 25.3. The lowest BCUT2D eigenvalue weighted by Crippen LogP contribution is -2.57. The van der Waals surface area contributed by atoms with Crippen molar-refractivity contribution < 1.29 is 23.9 Å². The number of carbonyl (C=O) groups is 3. The van der Waals surface area contributed by atoms with Crippen molar-refractivity contribution in [2.45, 2.75) is 25.5 Å². The summed E-state index contributed by atoms with van der Waals surface area (Å²) in [4.78, 5) is 39.6. The third kappa shape index (κ3) is 6.69. The van der Waals surface area contributed by atoms with Crippen LogP contribution in [-0.2, 0) is 27.4 Å². The first-order valence-corrected chi connectivity index (χ1v) is 11.6. The molecule has 7 heteroatoms. The summed E-state index contributed by atoms with van der Waals surface area (Å²) in [6.45, 7) is 1.29. The molecule has 1 unspecified atom stereocenters. The second kappa shape index (κ2) is 11.8. The number of rotatable bonds is 9. The van der Waals surface area contributed by atoms with Crippen molar-refractivity contribution in [1.29, 1.82) is 0 Å². The SMILES string of the molecule is O=C(CC1C(=O)NCCN1C(=O)c1ccc(OCCc2ccccc2)cc1)OCc1ccccc1. The van der Waals surface area contributed by atoms with Gasteiger partial charge in [-0.2, -0.15) is 0 Å². The first-order valence-electron chi connectivity index (χ1n) is 11.6. The molecule has 0 spiro atoms. The predicted molar refractivity (Wildman–Crippen MR) is 131 cm³/mol. The monoisotopic (exact) mass is 472 g/mol. The Morgan fingerprint density at radius 2 is 1.54 bits per heavy atom. The molecule has 0 bridgehead atoms. The molecule has 180 valence electrons. The zero-order chi connectivity index (χ0) is 24.5. The molecular weight excluding hydrogens is 444 g/mol. The minimum Gasteiger partial charge on any atom is -0.493 e. The molecule has 1 aliphatic rings. The fraction of sp³-hybridized carbons (Fsp3) is 0.250. The maximum Gasteiger partial charge on any atom is 0.308 e. The van der Waals surface area contributed by atoms with E-state index in [1.54, 1.807) is 24.3 Å². The summed E-state index contributed by atoms with van der Waals surface area (Å²) in [6.07, 6.45) is 0.581. The van der Waals surface area contributed by atoms with Crippen molar-refractivity contribution in [2.75, 3.05) is 19.7 Å². The lowest BCUT2D eigenvalue weighted by atomic mass is 10.1. The van der Waals surface area contributed by atoms with Gasteiger partial charge in [-0.25, -0.2) is 0 Å². The molecule has 1 fully saturated rings. The zero-order valence-electron chi connectivity index (χ0n) is 19.4. The zero-order valence-corrected chi connectivity index (χ0v) is 19.4. The van der Waals surface area contributed by atoms with Crippen LogP contribution in [0.1, 0.15) is 27.9 Å². The van der Waals surface area contributed by atoms with Crippen LogP contribution in [0.4, 0.5) is 0 Å². The van der Waals surface area contributed by atoms with E-state index in [2.05, 4.69) is 5.32 Å². The number of amides is 2. The van der Waals surface area contributed by atoms with Gasteiger partial charge in [0, 0.05) is 25.1 Å². The molecule has 0 aliphatic carbocycles. The van der Waals surface area contributed by atoms with E-state index in [0.29, 0.717) is 31.0 Å². The Kier molecular flexibility index (Phi) is 8.12. The van der Waals surface area contributed by atoms with Gasteiger partial charge in [0.25, 0.3) is 5.91 Å². The lowest BCUT2D eigenvalue weighted by molar-refractivity contribution is -0.148. The van der Waals surface area contributed by atoms with Gasteiger partial charge in [0.15, 0.2) is 0 Å². The van der Waals surface area contributed by atoms with Gasteiger partial charge in [-0.05, 0) is 35.4 Å². The molecule has 1 saturated heterocycles. The average molecular weight is 473 g/mol. The molecular formula is C28H28N2O5. The van der Waals surface area contributed by atoms with Gasteiger partial charge in [0.05, 0.1) is 13.0 Å². The smallest absolute Gasteiger partial charge is 0.308 e. The van der Waals surface area contributed by atoms with Crippen molar-refractivity contribution in [3.05, 3.63) is 102 Å². The van der Waals surface area contributed by atoms with Crippen LogP contribution in [0.5, 0.6) is 5.75 Å². The minimum atomic E-state index is -0.915. The molecule has 0 radical (unpaired) electrons. The normalized spacial score (nSPS) is 15.3. The van der Waals surface area contributed by atoms with Gasteiger partial charge in [-0.1, -0.05) is 60.7 Å². The number of hydrogen-bond donors (Lipinski definition) is 1. The van der Waals surface area contributed by atoms with Crippen molar-refractivity contribution >= 4 is 17.8 Å². The van der Waals surface area contributed by atoms with Crippen molar-refractivity contribution in [3.8, 4) is 5.75 Å². The number of esters is 1. The van der Waals surface area contributed by atoms with Crippen LogP contribution in [0.3, 0.4) is 0 Å². The first-order chi connectivity index (χ1) is 17.1. The number of benzene rings is 3. The van der Waals surface area contributed by atoms with E-state index in [9.17, 15) is 14.4 Å². The minimum absolute atomic E-state index is 0.119. The van der Waals surface area contributed by atoms with Gasteiger partial charge < -0.3 is 19.7 Å². The molecule has 1 atom stereocenters. The van der Waals surface area contributed by atoms with Gasteiger partial charge in [0.2, 0.25) is 5.91 Å². The third-order valence-electron chi connectivity index (χ3n) is 5.80. The number of carbonyl (C=O) groups excluding carboxylic acids is 3. The number of nitrogens with one attached hydrogen (secondary N) is 1. The quantitative estimate of drug-likeness (QED) is 0.483. The summed E-state index contributed by atoms with van der Waals surface area (Å²) >= 11 is 0. The Bertz CT molecular complexity index is 1130. The molecule has 3 aromatic carbocycles. The largest absolute Gasteiger partial charge is 0.493 e.